The number of rotatable bonds is 4. The first-order chi connectivity index (χ1) is 15.5. The van der Waals surface area contributed by atoms with E-state index >= 15 is 0 Å². The molecule has 3 atom stereocenters. The minimum Gasteiger partial charge on any atom is -0.421 e. The fraction of sp³-hybridized carbons (Fsp3) is 0.391. The van der Waals surface area contributed by atoms with Gasteiger partial charge < -0.3 is 20.7 Å². The third kappa shape index (κ3) is 2.99. The first kappa shape index (κ1) is 19.4. The van der Waals surface area contributed by atoms with Crippen LogP contribution in [0.2, 0.25) is 0 Å². The van der Waals surface area contributed by atoms with Crippen molar-refractivity contribution in [1.82, 2.24) is 19.9 Å². The van der Waals surface area contributed by atoms with E-state index in [2.05, 4.69) is 20.2 Å². The van der Waals surface area contributed by atoms with Crippen LogP contribution in [-0.4, -0.2) is 45.6 Å². The zero-order valence-electron chi connectivity index (χ0n) is 18.0. The predicted molar refractivity (Wildman–Crippen MR) is 118 cm³/mol. The van der Waals surface area contributed by atoms with Gasteiger partial charge in [-0.2, -0.15) is 9.97 Å². The molecule has 9 heteroatoms. The number of nitrogens with one attached hydrogen (secondary N) is 1. The smallest absolute Gasteiger partial charge is 0.324 e. The van der Waals surface area contributed by atoms with Crippen LogP contribution in [0.15, 0.2) is 24.5 Å². The molecule has 1 aliphatic heterocycles. The van der Waals surface area contributed by atoms with Gasteiger partial charge in [0.25, 0.3) is 0 Å². The highest BCUT2D eigenvalue weighted by Gasteiger charge is 2.45. The summed E-state index contributed by atoms with van der Waals surface area (Å²) < 4.78 is 20.4. The number of halogens is 1. The van der Waals surface area contributed by atoms with E-state index in [4.69, 9.17) is 20.4 Å². The fourth-order valence-corrected chi connectivity index (χ4v) is 5.36. The Bertz CT molecular complexity index is 1210. The largest absolute Gasteiger partial charge is 0.421 e. The fourth-order valence-electron chi connectivity index (χ4n) is 5.36. The highest BCUT2D eigenvalue weighted by atomic mass is 19.1. The molecular formula is C23H24FN7O. The van der Waals surface area contributed by atoms with Crippen LogP contribution in [0.5, 0.6) is 11.8 Å². The number of fused-ring (bicyclic) bond motifs is 5. The summed E-state index contributed by atoms with van der Waals surface area (Å²) in [6, 6.07) is 3.91. The van der Waals surface area contributed by atoms with Crippen LogP contribution < -0.4 is 20.7 Å². The zero-order valence-corrected chi connectivity index (χ0v) is 18.0. The Morgan fingerprint density at radius 1 is 1.19 bits per heavy atom. The Morgan fingerprint density at radius 2 is 2.00 bits per heavy atom. The molecule has 3 N–H and O–H groups in total. The summed E-state index contributed by atoms with van der Waals surface area (Å²) in [4.78, 5) is 20.2. The maximum Gasteiger partial charge on any atom is 0.324 e. The molecular weight excluding hydrogens is 409 g/mol. The van der Waals surface area contributed by atoms with E-state index in [1.165, 1.54) is 6.07 Å². The number of hydrogen-bond acceptors (Lipinski definition) is 8. The molecule has 0 amide bonds. The van der Waals surface area contributed by atoms with Crippen LogP contribution in [0, 0.1) is 18.7 Å². The number of aryl methyl sites for hydroxylation is 1. The lowest BCUT2D eigenvalue weighted by atomic mass is 10.0. The Kier molecular flexibility index (Phi) is 4.29. The van der Waals surface area contributed by atoms with Crippen molar-refractivity contribution in [1.29, 1.82) is 0 Å². The summed E-state index contributed by atoms with van der Waals surface area (Å²) in [6.45, 7) is 2.66. The van der Waals surface area contributed by atoms with Crippen LogP contribution in [0.3, 0.4) is 0 Å². The normalized spacial score (nSPS) is 22.8. The van der Waals surface area contributed by atoms with Crippen LogP contribution in [0.4, 0.5) is 15.9 Å². The first-order valence-electron chi connectivity index (χ1n) is 10.9. The highest BCUT2D eigenvalue weighted by molar-refractivity contribution is 5.88. The van der Waals surface area contributed by atoms with Crippen LogP contribution in [0.1, 0.15) is 29.9 Å². The van der Waals surface area contributed by atoms with Crippen molar-refractivity contribution < 1.29 is 9.13 Å². The lowest BCUT2D eigenvalue weighted by Gasteiger charge is -2.32. The molecule has 2 bridgehead atoms. The van der Waals surface area contributed by atoms with Gasteiger partial charge in [0.1, 0.15) is 17.5 Å². The lowest BCUT2D eigenvalue weighted by molar-refractivity contribution is 0.432. The summed E-state index contributed by atoms with van der Waals surface area (Å²) >= 11 is 0. The predicted octanol–water partition coefficient (Wildman–Crippen LogP) is 3.05. The summed E-state index contributed by atoms with van der Waals surface area (Å²) in [5.41, 5.74) is 10.7. The maximum absolute atomic E-state index is 14.5. The molecule has 2 fully saturated rings. The van der Waals surface area contributed by atoms with E-state index in [-0.39, 0.29) is 17.9 Å². The van der Waals surface area contributed by atoms with E-state index in [0.717, 1.165) is 53.3 Å². The number of anilines is 2. The van der Waals surface area contributed by atoms with Gasteiger partial charge in [-0.1, -0.05) is 0 Å². The lowest BCUT2D eigenvalue weighted by Crippen LogP contribution is -2.41. The minimum absolute atomic E-state index is 0.229. The van der Waals surface area contributed by atoms with Gasteiger partial charge in [0.05, 0.1) is 18.1 Å². The Labute approximate surface area is 185 Å². The molecule has 3 aromatic rings. The Balaban J connectivity index is 1.48. The van der Waals surface area contributed by atoms with Gasteiger partial charge in [-0.05, 0) is 48.9 Å². The highest BCUT2D eigenvalue weighted by Crippen LogP contribution is 2.48. The van der Waals surface area contributed by atoms with E-state index in [1.807, 2.05) is 6.92 Å². The standard InChI is InChI=1S/C23H24FN7O/c1-11-27-8-15(9-28-11)32-23-29-20-7-16-17(4-13(24)5-19(16)26-2)21(20)22(30-23)31-10-12-3-14(31)6-18(12)25/h4-5,8-9,12,14,18,26H,3,6-7,10,25H2,1-2H3/t12-,14-,18-/m0/s1. The Hall–Kier alpha value is -3.33. The molecule has 2 aliphatic carbocycles. The number of ether oxygens (including phenoxy) is 1. The summed E-state index contributed by atoms with van der Waals surface area (Å²) in [5, 5.41) is 3.12. The van der Waals surface area contributed by atoms with Crippen molar-refractivity contribution in [2.45, 2.75) is 38.3 Å². The molecule has 1 aromatic carbocycles. The average molecular weight is 433 g/mol. The molecule has 6 rings (SSSR count). The quantitative estimate of drug-likeness (QED) is 0.506. The first-order valence-corrected chi connectivity index (χ1v) is 10.9. The van der Waals surface area contributed by atoms with Crippen molar-refractivity contribution in [2.75, 3.05) is 23.8 Å². The zero-order chi connectivity index (χ0) is 22.0. The second kappa shape index (κ2) is 7.09. The van der Waals surface area contributed by atoms with Gasteiger partial charge in [0.15, 0.2) is 5.75 Å². The number of nitrogens with zero attached hydrogens (tertiary/aromatic N) is 5. The van der Waals surface area contributed by atoms with Gasteiger partial charge in [0.2, 0.25) is 0 Å². The third-order valence-corrected chi connectivity index (χ3v) is 6.88. The van der Waals surface area contributed by atoms with Gasteiger partial charge in [0, 0.05) is 43.3 Å². The molecule has 0 radical (unpaired) electrons. The van der Waals surface area contributed by atoms with Crippen molar-refractivity contribution in [3.8, 4) is 22.9 Å². The minimum atomic E-state index is -0.283. The van der Waals surface area contributed by atoms with Gasteiger partial charge in [-0.15, -0.1) is 0 Å². The van der Waals surface area contributed by atoms with E-state index in [9.17, 15) is 4.39 Å². The second-order valence-electron chi connectivity index (χ2n) is 8.83. The number of hydrogen-bond donors (Lipinski definition) is 2. The number of benzene rings is 1. The molecule has 1 saturated heterocycles. The molecule has 0 spiro atoms. The van der Waals surface area contributed by atoms with Crippen LogP contribution in [0.25, 0.3) is 11.1 Å². The SMILES string of the molecule is CNc1cc(F)cc2c1Cc1nc(Oc3cnc(C)nc3)nc(N3C[C@@H]4C[C@H]3C[C@@H]4N)c1-2. The molecule has 0 unspecified atom stereocenters. The number of aromatic nitrogens is 4. The molecule has 8 nitrogen and oxygen atoms in total. The molecule has 164 valence electrons. The average Bonchev–Trinajstić information content (AvgIpc) is 3.46. The summed E-state index contributed by atoms with van der Waals surface area (Å²) in [6.07, 6.45) is 5.79. The van der Waals surface area contributed by atoms with Crippen LogP contribution >= 0.6 is 0 Å². The summed E-state index contributed by atoms with van der Waals surface area (Å²) in [5.74, 6) is 2.10. The molecule has 2 aromatic heterocycles. The molecule has 3 heterocycles. The van der Waals surface area contributed by atoms with E-state index in [0.29, 0.717) is 30.0 Å². The van der Waals surface area contributed by atoms with E-state index < -0.39 is 0 Å². The van der Waals surface area contributed by atoms with Gasteiger partial charge in [-0.3, -0.25) is 0 Å². The third-order valence-electron chi connectivity index (χ3n) is 6.88. The van der Waals surface area contributed by atoms with Gasteiger partial charge in [-0.25, -0.2) is 14.4 Å². The van der Waals surface area contributed by atoms with Crippen molar-refractivity contribution in [2.24, 2.45) is 11.7 Å². The van der Waals surface area contributed by atoms with Gasteiger partial charge >= 0.3 is 6.01 Å². The molecule has 32 heavy (non-hydrogen) atoms. The second-order valence-corrected chi connectivity index (χ2v) is 8.83. The molecule has 3 aliphatic rings. The number of piperidine rings is 1. The van der Waals surface area contributed by atoms with Crippen molar-refractivity contribution >= 4 is 11.5 Å². The topological polar surface area (TPSA) is 102 Å². The summed E-state index contributed by atoms with van der Waals surface area (Å²) in [7, 11) is 1.80. The van der Waals surface area contributed by atoms with E-state index in [1.54, 1.807) is 25.5 Å². The number of nitrogens with two attached hydrogens (primary N) is 1. The monoisotopic (exact) mass is 433 g/mol. The van der Waals surface area contributed by atoms with Crippen LogP contribution in [-0.2, 0) is 6.42 Å². The van der Waals surface area contributed by atoms with Crippen molar-refractivity contribution in [3.05, 3.63) is 47.4 Å². The van der Waals surface area contributed by atoms with Crippen molar-refractivity contribution in [3.63, 3.8) is 0 Å². The maximum atomic E-state index is 14.5. The molecule has 1 saturated carbocycles. The Morgan fingerprint density at radius 3 is 2.69 bits per heavy atom.